The van der Waals surface area contributed by atoms with Gasteiger partial charge in [-0.15, -0.1) is 0 Å². The van der Waals surface area contributed by atoms with E-state index in [9.17, 15) is 14.3 Å². The van der Waals surface area contributed by atoms with Crippen molar-refractivity contribution in [3.63, 3.8) is 0 Å². The SMILES string of the molecule is Cc1cc(C#Cc2cnn(C)c2)cc(C(=O)NC(c2ccc(Cl)cc2)c2cc(F)ccc2O)n1. The van der Waals surface area contributed by atoms with E-state index >= 15 is 0 Å². The van der Waals surface area contributed by atoms with Crippen molar-refractivity contribution in [2.75, 3.05) is 0 Å². The maximum atomic E-state index is 14.0. The van der Waals surface area contributed by atoms with Gasteiger partial charge in [-0.1, -0.05) is 35.6 Å². The second-order valence-corrected chi connectivity index (χ2v) is 8.13. The monoisotopic (exact) mass is 474 g/mol. The van der Waals surface area contributed by atoms with Crippen molar-refractivity contribution in [1.82, 2.24) is 20.1 Å². The highest BCUT2D eigenvalue weighted by atomic mass is 35.5. The Labute approximate surface area is 201 Å². The Morgan fingerprint density at radius 3 is 2.56 bits per heavy atom. The fraction of sp³-hybridized carbons (Fsp3) is 0.115. The number of pyridine rings is 1. The van der Waals surface area contributed by atoms with Crippen LogP contribution in [-0.4, -0.2) is 25.8 Å². The van der Waals surface area contributed by atoms with E-state index in [1.165, 1.54) is 12.1 Å². The summed E-state index contributed by atoms with van der Waals surface area (Å²) in [5.41, 5.74) is 2.93. The lowest BCUT2D eigenvalue weighted by molar-refractivity contribution is 0.0937. The minimum atomic E-state index is -0.840. The Bertz CT molecular complexity index is 1420. The van der Waals surface area contributed by atoms with Crippen LogP contribution in [0.1, 0.15) is 44.5 Å². The summed E-state index contributed by atoms with van der Waals surface area (Å²) >= 11 is 6.01. The van der Waals surface area contributed by atoms with Gasteiger partial charge in [0.2, 0.25) is 0 Å². The molecule has 0 bridgehead atoms. The minimum absolute atomic E-state index is 0.144. The Morgan fingerprint density at radius 2 is 1.85 bits per heavy atom. The number of nitrogens with zero attached hydrogens (tertiary/aromatic N) is 3. The number of benzene rings is 2. The number of phenols is 1. The number of amides is 1. The van der Waals surface area contributed by atoms with Crippen molar-refractivity contribution in [3.8, 4) is 17.6 Å². The molecule has 2 aromatic carbocycles. The highest BCUT2D eigenvalue weighted by Crippen LogP contribution is 2.31. The molecule has 0 radical (unpaired) electrons. The predicted molar refractivity (Wildman–Crippen MR) is 127 cm³/mol. The van der Waals surface area contributed by atoms with Crippen molar-refractivity contribution >= 4 is 17.5 Å². The number of hydrogen-bond donors (Lipinski definition) is 2. The van der Waals surface area contributed by atoms with Crippen LogP contribution in [0.3, 0.4) is 0 Å². The minimum Gasteiger partial charge on any atom is -0.508 e. The summed E-state index contributed by atoms with van der Waals surface area (Å²) in [6.45, 7) is 1.76. The van der Waals surface area contributed by atoms with Gasteiger partial charge in [0.15, 0.2) is 0 Å². The van der Waals surface area contributed by atoms with Gasteiger partial charge in [0, 0.05) is 35.1 Å². The molecular weight excluding hydrogens is 455 g/mol. The van der Waals surface area contributed by atoms with E-state index in [1.807, 2.05) is 0 Å². The molecule has 0 aliphatic rings. The van der Waals surface area contributed by atoms with E-state index in [4.69, 9.17) is 11.6 Å². The number of carbonyl (C=O) groups is 1. The summed E-state index contributed by atoms with van der Waals surface area (Å²) in [5, 5.41) is 17.8. The molecule has 1 unspecified atom stereocenters. The van der Waals surface area contributed by atoms with Crippen molar-refractivity contribution in [1.29, 1.82) is 0 Å². The standard InChI is InChI=1S/C26H20ClFN4O2/c1-16-11-17(3-4-18-14-29-32(2)15-18)12-23(30-16)26(34)31-25(19-5-7-20(27)8-6-19)22-13-21(28)9-10-24(22)33/h5-15,25,33H,1-2H3,(H,31,34). The molecule has 4 rings (SSSR count). The summed E-state index contributed by atoms with van der Waals surface area (Å²) in [6, 6.07) is 12.8. The fourth-order valence-electron chi connectivity index (χ4n) is 3.44. The molecule has 0 aliphatic carbocycles. The number of aryl methyl sites for hydroxylation is 2. The molecule has 6 nitrogen and oxygen atoms in total. The molecular formula is C26H20ClFN4O2. The average molecular weight is 475 g/mol. The van der Waals surface area contributed by atoms with Crippen LogP contribution in [0.25, 0.3) is 0 Å². The zero-order chi connectivity index (χ0) is 24.2. The lowest BCUT2D eigenvalue weighted by Gasteiger charge is -2.21. The Morgan fingerprint density at radius 1 is 1.12 bits per heavy atom. The van der Waals surface area contributed by atoms with Gasteiger partial charge in [-0.25, -0.2) is 9.37 Å². The Balaban J connectivity index is 1.68. The van der Waals surface area contributed by atoms with Crippen molar-refractivity contribution in [3.05, 3.63) is 111 Å². The molecule has 34 heavy (non-hydrogen) atoms. The van der Waals surface area contributed by atoms with E-state index < -0.39 is 17.8 Å². The van der Waals surface area contributed by atoms with Gasteiger partial charge in [-0.2, -0.15) is 5.10 Å². The maximum absolute atomic E-state index is 14.0. The van der Waals surface area contributed by atoms with Gasteiger partial charge < -0.3 is 10.4 Å². The molecule has 1 atom stereocenters. The molecule has 0 saturated carbocycles. The van der Waals surface area contributed by atoms with Crippen LogP contribution in [0.2, 0.25) is 5.02 Å². The van der Waals surface area contributed by atoms with Crippen LogP contribution in [0.5, 0.6) is 5.75 Å². The number of aromatic nitrogens is 3. The quantitative estimate of drug-likeness (QED) is 0.425. The van der Waals surface area contributed by atoms with Crippen LogP contribution in [0.15, 0.2) is 67.0 Å². The topological polar surface area (TPSA) is 80.0 Å². The molecule has 2 N–H and O–H groups in total. The third kappa shape index (κ3) is 5.42. The number of aromatic hydroxyl groups is 1. The van der Waals surface area contributed by atoms with Crippen molar-refractivity contribution in [2.24, 2.45) is 7.05 Å². The zero-order valence-electron chi connectivity index (χ0n) is 18.4. The van der Waals surface area contributed by atoms with Gasteiger partial charge in [0.25, 0.3) is 5.91 Å². The van der Waals surface area contributed by atoms with Crippen LogP contribution in [0, 0.1) is 24.6 Å². The van der Waals surface area contributed by atoms with E-state index in [0.29, 0.717) is 21.8 Å². The van der Waals surface area contributed by atoms with Crippen molar-refractivity contribution in [2.45, 2.75) is 13.0 Å². The first kappa shape index (κ1) is 23.0. The molecule has 2 aromatic heterocycles. The third-order valence-corrected chi connectivity index (χ3v) is 5.27. The molecule has 0 fully saturated rings. The fourth-order valence-corrected chi connectivity index (χ4v) is 3.57. The van der Waals surface area contributed by atoms with E-state index in [1.54, 1.807) is 67.4 Å². The zero-order valence-corrected chi connectivity index (χ0v) is 19.1. The number of nitrogens with one attached hydrogen (secondary N) is 1. The number of phenolic OH excluding ortho intramolecular Hbond substituents is 1. The highest BCUT2D eigenvalue weighted by molar-refractivity contribution is 6.30. The Hall–Kier alpha value is -4.15. The second-order valence-electron chi connectivity index (χ2n) is 7.70. The molecule has 4 aromatic rings. The first-order chi connectivity index (χ1) is 16.3. The molecule has 8 heteroatoms. The van der Waals surface area contributed by atoms with Gasteiger partial charge in [0.1, 0.15) is 17.3 Å². The van der Waals surface area contributed by atoms with Crippen LogP contribution in [-0.2, 0) is 7.05 Å². The molecule has 0 spiro atoms. The van der Waals surface area contributed by atoms with E-state index in [2.05, 4.69) is 27.2 Å². The second kappa shape index (κ2) is 9.77. The molecule has 2 heterocycles. The van der Waals surface area contributed by atoms with Gasteiger partial charge in [-0.05, 0) is 55.0 Å². The Kier molecular flexibility index (Phi) is 6.62. The summed E-state index contributed by atoms with van der Waals surface area (Å²) in [4.78, 5) is 17.5. The van der Waals surface area contributed by atoms with Gasteiger partial charge in [-0.3, -0.25) is 9.48 Å². The van der Waals surface area contributed by atoms with Crippen LogP contribution in [0.4, 0.5) is 4.39 Å². The number of halogens is 2. The molecule has 0 saturated heterocycles. The summed E-state index contributed by atoms with van der Waals surface area (Å²) < 4.78 is 15.7. The highest BCUT2D eigenvalue weighted by Gasteiger charge is 2.22. The summed E-state index contributed by atoms with van der Waals surface area (Å²) in [7, 11) is 1.80. The van der Waals surface area contributed by atoms with E-state index in [0.717, 1.165) is 11.6 Å². The predicted octanol–water partition coefficient (Wildman–Crippen LogP) is 4.54. The molecule has 0 aliphatic heterocycles. The van der Waals surface area contributed by atoms with Crippen molar-refractivity contribution < 1.29 is 14.3 Å². The summed E-state index contributed by atoms with van der Waals surface area (Å²) in [5.74, 6) is 4.84. The lowest BCUT2D eigenvalue weighted by Crippen LogP contribution is -2.30. The smallest absolute Gasteiger partial charge is 0.270 e. The largest absolute Gasteiger partial charge is 0.508 e. The number of carbonyl (C=O) groups excluding carboxylic acids is 1. The van der Waals surface area contributed by atoms with Gasteiger partial charge >= 0.3 is 0 Å². The van der Waals surface area contributed by atoms with Crippen LogP contribution >= 0.6 is 11.6 Å². The first-order valence-electron chi connectivity index (χ1n) is 10.3. The van der Waals surface area contributed by atoms with Gasteiger partial charge in [0.05, 0.1) is 17.8 Å². The third-order valence-electron chi connectivity index (χ3n) is 5.02. The lowest BCUT2D eigenvalue weighted by atomic mass is 9.97. The number of rotatable bonds is 4. The average Bonchev–Trinajstić information content (AvgIpc) is 3.23. The number of hydrogen-bond acceptors (Lipinski definition) is 4. The molecule has 170 valence electrons. The molecule has 1 amide bonds. The first-order valence-corrected chi connectivity index (χ1v) is 10.7. The summed E-state index contributed by atoms with van der Waals surface area (Å²) in [6.07, 6.45) is 3.44. The van der Waals surface area contributed by atoms with E-state index in [-0.39, 0.29) is 17.0 Å². The maximum Gasteiger partial charge on any atom is 0.270 e. The van der Waals surface area contributed by atoms with Crippen LogP contribution < -0.4 is 5.32 Å². The normalized spacial score (nSPS) is 11.4.